The maximum absolute atomic E-state index is 13.1. The molecule has 0 fully saturated rings. The number of hydrogen-bond donors (Lipinski definition) is 0. The van der Waals surface area contributed by atoms with Crippen LogP contribution in [0.3, 0.4) is 0 Å². The molecule has 0 aliphatic heterocycles. The molecule has 12 heteroatoms. The number of alkyl halides is 9. The summed E-state index contributed by atoms with van der Waals surface area (Å²) in [7, 11) is 0.941. The van der Waals surface area contributed by atoms with E-state index >= 15 is 0 Å². The van der Waals surface area contributed by atoms with Gasteiger partial charge in [0.25, 0.3) is 5.91 Å². The van der Waals surface area contributed by atoms with Crippen molar-refractivity contribution >= 4 is 23.4 Å². The Kier molecular flexibility index (Phi) is 6.94. The van der Waals surface area contributed by atoms with E-state index in [9.17, 15) is 44.3 Å². The van der Waals surface area contributed by atoms with Gasteiger partial charge in [0.1, 0.15) is 0 Å². The molecule has 0 N–H and O–H groups in total. The number of thioether (sulfide) groups is 1. The van der Waals surface area contributed by atoms with Crippen LogP contribution in [0.2, 0.25) is 0 Å². The van der Waals surface area contributed by atoms with Crippen molar-refractivity contribution in [3.8, 4) is 0 Å². The van der Waals surface area contributed by atoms with Gasteiger partial charge in [-0.3, -0.25) is 4.79 Å². The van der Waals surface area contributed by atoms with E-state index in [1.807, 2.05) is 0 Å². The molecule has 170 valence electrons. The molecular weight excluding hydrogens is 461 g/mol. The zero-order valence-electron chi connectivity index (χ0n) is 15.8. The van der Waals surface area contributed by atoms with Gasteiger partial charge in [0.15, 0.2) is 0 Å². The highest BCUT2D eigenvalue weighted by molar-refractivity contribution is 7.99. The highest BCUT2D eigenvalue weighted by Crippen LogP contribution is 2.39. The Hall–Kier alpha value is -2.37. The first-order valence-corrected chi connectivity index (χ1v) is 9.45. The zero-order valence-corrected chi connectivity index (χ0v) is 16.7. The van der Waals surface area contributed by atoms with Crippen molar-refractivity contribution in [1.82, 2.24) is 0 Å². The van der Waals surface area contributed by atoms with Crippen molar-refractivity contribution in [2.24, 2.45) is 0 Å². The maximum Gasteiger partial charge on any atom is 0.416 e. The van der Waals surface area contributed by atoms with Gasteiger partial charge in [-0.2, -0.15) is 39.5 Å². The SMILES string of the molecule is CCSc1cc(C(F)(F)F)ccc1C(=O)N(C)c1cc(C(F)(F)F)cc(C(F)(F)F)c1. The summed E-state index contributed by atoms with van der Waals surface area (Å²) in [4.78, 5) is 13.2. The Morgan fingerprint density at radius 2 is 1.29 bits per heavy atom. The average molecular weight is 475 g/mol. The molecule has 0 bridgehead atoms. The predicted octanol–water partition coefficient (Wildman–Crippen LogP) is 7.13. The minimum absolute atomic E-state index is 0.0850. The van der Waals surface area contributed by atoms with Crippen LogP contribution in [0.5, 0.6) is 0 Å². The molecule has 1 amide bonds. The van der Waals surface area contributed by atoms with Gasteiger partial charge in [-0.25, -0.2) is 0 Å². The van der Waals surface area contributed by atoms with Gasteiger partial charge < -0.3 is 4.90 Å². The minimum Gasteiger partial charge on any atom is -0.311 e. The van der Waals surface area contributed by atoms with Crippen LogP contribution in [0.1, 0.15) is 34.0 Å². The van der Waals surface area contributed by atoms with Gasteiger partial charge in [-0.1, -0.05) is 6.92 Å². The lowest BCUT2D eigenvalue weighted by Gasteiger charge is -2.22. The molecule has 0 spiro atoms. The molecular formula is C19H14F9NOS. The van der Waals surface area contributed by atoms with E-state index in [2.05, 4.69) is 0 Å². The van der Waals surface area contributed by atoms with E-state index in [1.54, 1.807) is 6.92 Å². The van der Waals surface area contributed by atoms with Crippen LogP contribution in [0.15, 0.2) is 41.3 Å². The smallest absolute Gasteiger partial charge is 0.311 e. The molecule has 0 unspecified atom stereocenters. The van der Waals surface area contributed by atoms with Crippen molar-refractivity contribution in [2.45, 2.75) is 30.3 Å². The Morgan fingerprint density at radius 1 is 0.806 bits per heavy atom. The summed E-state index contributed by atoms with van der Waals surface area (Å²) in [5.74, 6) is -0.787. The van der Waals surface area contributed by atoms with E-state index in [0.29, 0.717) is 29.2 Å². The van der Waals surface area contributed by atoms with Crippen molar-refractivity contribution in [1.29, 1.82) is 0 Å². The van der Waals surface area contributed by atoms with Crippen molar-refractivity contribution < 1.29 is 44.3 Å². The molecule has 2 aromatic rings. The van der Waals surface area contributed by atoms with E-state index < -0.39 is 46.8 Å². The van der Waals surface area contributed by atoms with Gasteiger partial charge in [-0.15, -0.1) is 11.8 Å². The summed E-state index contributed by atoms with van der Waals surface area (Å²) < 4.78 is 117. The summed E-state index contributed by atoms with van der Waals surface area (Å²) in [5.41, 5.74) is -5.27. The predicted molar refractivity (Wildman–Crippen MR) is 97.0 cm³/mol. The third-order valence-corrected chi connectivity index (χ3v) is 5.04. The number of amides is 1. The third-order valence-electron chi connectivity index (χ3n) is 4.10. The maximum atomic E-state index is 13.1. The van der Waals surface area contributed by atoms with E-state index in [4.69, 9.17) is 0 Å². The highest BCUT2D eigenvalue weighted by Gasteiger charge is 2.38. The van der Waals surface area contributed by atoms with Crippen LogP contribution in [-0.4, -0.2) is 18.7 Å². The molecule has 31 heavy (non-hydrogen) atoms. The van der Waals surface area contributed by atoms with Gasteiger partial charge in [0, 0.05) is 17.6 Å². The second-order valence-electron chi connectivity index (χ2n) is 6.27. The van der Waals surface area contributed by atoms with Crippen molar-refractivity contribution in [3.05, 3.63) is 58.7 Å². The largest absolute Gasteiger partial charge is 0.416 e. The quantitative estimate of drug-likeness (QED) is 0.346. The Bertz CT molecular complexity index is 932. The number of nitrogens with zero attached hydrogens (tertiary/aromatic N) is 1. The second-order valence-corrected chi connectivity index (χ2v) is 7.58. The Labute approximate surface area is 175 Å². The van der Waals surface area contributed by atoms with Crippen LogP contribution in [0.4, 0.5) is 45.2 Å². The van der Waals surface area contributed by atoms with Gasteiger partial charge >= 0.3 is 18.5 Å². The fourth-order valence-corrected chi connectivity index (χ4v) is 3.41. The molecule has 2 aromatic carbocycles. The summed E-state index contributed by atoms with van der Waals surface area (Å²) in [6, 6.07) is 2.82. The normalized spacial score (nSPS) is 12.7. The van der Waals surface area contributed by atoms with Crippen LogP contribution >= 0.6 is 11.8 Å². The lowest BCUT2D eigenvalue weighted by molar-refractivity contribution is -0.143. The number of rotatable bonds is 4. The molecule has 2 nitrogen and oxygen atoms in total. The average Bonchev–Trinajstić information content (AvgIpc) is 2.64. The summed E-state index contributed by atoms with van der Waals surface area (Å²) in [6.45, 7) is 1.60. The Morgan fingerprint density at radius 3 is 1.71 bits per heavy atom. The van der Waals surface area contributed by atoms with Gasteiger partial charge in [0.2, 0.25) is 0 Å². The van der Waals surface area contributed by atoms with Crippen molar-refractivity contribution in [3.63, 3.8) is 0 Å². The molecule has 0 radical (unpaired) electrons. The van der Waals surface area contributed by atoms with Crippen LogP contribution in [0.25, 0.3) is 0 Å². The number of hydrogen-bond acceptors (Lipinski definition) is 2. The fourth-order valence-electron chi connectivity index (χ4n) is 2.58. The molecule has 0 aliphatic carbocycles. The molecule has 0 aromatic heterocycles. The lowest BCUT2D eigenvalue weighted by atomic mass is 10.1. The number of halogens is 9. The fraction of sp³-hybridized carbons (Fsp3) is 0.316. The minimum atomic E-state index is -5.11. The molecule has 0 saturated heterocycles. The van der Waals surface area contributed by atoms with E-state index in [0.717, 1.165) is 24.9 Å². The highest BCUT2D eigenvalue weighted by atomic mass is 32.2. The van der Waals surface area contributed by atoms with Crippen LogP contribution < -0.4 is 4.90 Å². The second kappa shape index (κ2) is 8.64. The standard InChI is InChI=1S/C19H14F9NOS/c1-3-31-15-9-10(17(20,21)22)4-5-14(15)16(30)29(2)13-7-11(18(23,24)25)6-12(8-13)19(26,27)28/h4-9H,3H2,1-2H3. The molecule has 0 saturated carbocycles. The van der Waals surface area contributed by atoms with E-state index in [1.165, 1.54) is 0 Å². The van der Waals surface area contributed by atoms with Crippen LogP contribution in [-0.2, 0) is 18.5 Å². The summed E-state index contributed by atoms with van der Waals surface area (Å²) >= 11 is 0.880. The lowest BCUT2D eigenvalue weighted by Crippen LogP contribution is -2.28. The number of anilines is 1. The third kappa shape index (κ3) is 5.86. The first kappa shape index (κ1) is 24.9. The summed E-state index contributed by atoms with van der Waals surface area (Å²) in [6.07, 6.45) is -14.9. The van der Waals surface area contributed by atoms with Crippen molar-refractivity contribution in [2.75, 3.05) is 17.7 Å². The molecule has 0 atom stereocenters. The number of carbonyl (C=O) groups excluding carboxylic acids is 1. The topological polar surface area (TPSA) is 20.3 Å². The number of benzene rings is 2. The van der Waals surface area contributed by atoms with Crippen LogP contribution in [0, 0.1) is 0 Å². The van der Waals surface area contributed by atoms with E-state index in [-0.39, 0.29) is 22.3 Å². The first-order chi connectivity index (χ1) is 14.1. The van der Waals surface area contributed by atoms with Gasteiger partial charge in [0.05, 0.1) is 22.3 Å². The van der Waals surface area contributed by atoms with Gasteiger partial charge in [-0.05, 0) is 42.2 Å². The number of carbonyl (C=O) groups is 1. The molecule has 0 heterocycles. The molecule has 0 aliphatic rings. The zero-order chi connectivity index (χ0) is 23.8. The first-order valence-electron chi connectivity index (χ1n) is 8.47. The molecule has 2 rings (SSSR count). The Balaban J connectivity index is 2.57. The monoisotopic (exact) mass is 475 g/mol. The summed E-state index contributed by atoms with van der Waals surface area (Å²) in [5, 5.41) is 0.